The van der Waals surface area contributed by atoms with Crippen molar-refractivity contribution in [2.75, 3.05) is 19.6 Å². The molecule has 3 rings (SSSR count). The van der Waals surface area contributed by atoms with Gasteiger partial charge in [-0.05, 0) is 32.9 Å². The number of carbonyl (C=O) groups excluding carboxylic acids is 2. The molecule has 126 valence electrons. The smallest absolute Gasteiger partial charge is 0.228 e. The molecule has 6 nitrogen and oxygen atoms in total. The van der Waals surface area contributed by atoms with Gasteiger partial charge in [-0.15, -0.1) is 0 Å². The van der Waals surface area contributed by atoms with Crippen molar-refractivity contribution in [1.82, 2.24) is 9.80 Å². The van der Waals surface area contributed by atoms with Gasteiger partial charge < -0.3 is 19.0 Å². The second kappa shape index (κ2) is 6.00. The average molecular weight is 320 g/mol. The van der Waals surface area contributed by atoms with Gasteiger partial charge >= 0.3 is 0 Å². The molecule has 23 heavy (non-hydrogen) atoms. The summed E-state index contributed by atoms with van der Waals surface area (Å²) in [7, 11) is 0. The molecule has 3 heterocycles. The fraction of sp³-hybridized carbons (Fsp3) is 0.647. The van der Waals surface area contributed by atoms with Crippen LogP contribution in [-0.2, 0) is 20.9 Å². The van der Waals surface area contributed by atoms with Crippen LogP contribution in [0, 0.1) is 5.92 Å². The van der Waals surface area contributed by atoms with E-state index in [1.165, 1.54) is 0 Å². The maximum absolute atomic E-state index is 12.8. The summed E-state index contributed by atoms with van der Waals surface area (Å²) in [6.45, 7) is 8.01. The van der Waals surface area contributed by atoms with Crippen molar-refractivity contribution in [2.45, 2.75) is 45.4 Å². The van der Waals surface area contributed by atoms with Crippen LogP contribution < -0.4 is 0 Å². The first-order valence-corrected chi connectivity index (χ1v) is 8.11. The molecule has 2 aliphatic heterocycles. The number of hydrogen-bond acceptors (Lipinski definition) is 4. The van der Waals surface area contributed by atoms with Crippen LogP contribution in [0.25, 0.3) is 0 Å². The van der Waals surface area contributed by atoms with E-state index in [2.05, 4.69) is 0 Å². The summed E-state index contributed by atoms with van der Waals surface area (Å²) in [5.74, 6) is 0.551. The molecule has 0 N–H and O–H groups in total. The number of hydrogen-bond donors (Lipinski definition) is 0. The zero-order valence-electron chi connectivity index (χ0n) is 13.9. The lowest BCUT2D eigenvalue weighted by Gasteiger charge is -2.42. The predicted octanol–water partition coefficient (Wildman–Crippen LogP) is 1.65. The summed E-state index contributed by atoms with van der Waals surface area (Å²) in [5, 5.41) is 0. The lowest BCUT2D eigenvalue weighted by Crippen LogP contribution is -2.55. The van der Waals surface area contributed by atoms with Gasteiger partial charge in [0, 0.05) is 26.1 Å². The molecular weight excluding hydrogens is 296 g/mol. The standard InChI is InChI=1S/C17H24N2O4/c1-12-8-19(11-17(2,3)23-12)16(21)13-7-15(20)18(9-13)10-14-5-4-6-22-14/h4-6,12-13H,7-11H2,1-3H3/t12-,13+/m0/s1. The molecule has 0 radical (unpaired) electrons. The van der Waals surface area contributed by atoms with E-state index >= 15 is 0 Å². The molecule has 0 bridgehead atoms. The van der Waals surface area contributed by atoms with Crippen LogP contribution in [-0.4, -0.2) is 53.0 Å². The predicted molar refractivity (Wildman–Crippen MR) is 83.4 cm³/mol. The summed E-state index contributed by atoms with van der Waals surface area (Å²) < 4.78 is 11.1. The molecule has 0 spiro atoms. The van der Waals surface area contributed by atoms with E-state index in [1.807, 2.05) is 31.7 Å². The first kappa shape index (κ1) is 16.1. The number of furan rings is 1. The molecule has 1 aromatic heterocycles. The number of rotatable bonds is 3. The number of morpholine rings is 1. The van der Waals surface area contributed by atoms with Crippen LogP contribution in [0.1, 0.15) is 33.0 Å². The number of amides is 2. The van der Waals surface area contributed by atoms with Gasteiger partial charge in [-0.2, -0.15) is 0 Å². The van der Waals surface area contributed by atoms with E-state index in [0.717, 1.165) is 5.76 Å². The Balaban J connectivity index is 1.63. The van der Waals surface area contributed by atoms with E-state index < -0.39 is 0 Å². The second-order valence-electron chi connectivity index (χ2n) is 7.16. The molecule has 6 heteroatoms. The summed E-state index contributed by atoms with van der Waals surface area (Å²) >= 11 is 0. The van der Waals surface area contributed by atoms with E-state index in [1.54, 1.807) is 17.2 Å². The minimum atomic E-state index is -0.343. The Morgan fingerprint density at radius 1 is 1.39 bits per heavy atom. The van der Waals surface area contributed by atoms with Crippen LogP contribution in [0.15, 0.2) is 22.8 Å². The molecule has 2 aliphatic rings. The molecule has 0 aromatic carbocycles. The Bertz CT molecular complexity index is 581. The van der Waals surface area contributed by atoms with Crippen molar-refractivity contribution >= 4 is 11.8 Å². The normalized spacial score (nSPS) is 27.5. The highest BCUT2D eigenvalue weighted by atomic mass is 16.5. The van der Waals surface area contributed by atoms with Gasteiger partial charge in [-0.3, -0.25) is 9.59 Å². The molecule has 0 saturated carbocycles. The quantitative estimate of drug-likeness (QED) is 0.849. The molecule has 2 atom stereocenters. The van der Waals surface area contributed by atoms with Crippen molar-refractivity contribution in [3.8, 4) is 0 Å². The maximum Gasteiger partial charge on any atom is 0.228 e. The van der Waals surface area contributed by atoms with Crippen molar-refractivity contribution in [1.29, 1.82) is 0 Å². The summed E-state index contributed by atoms with van der Waals surface area (Å²) in [6.07, 6.45) is 1.89. The number of carbonyl (C=O) groups is 2. The number of likely N-dealkylation sites (tertiary alicyclic amines) is 1. The van der Waals surface area contributed by atoms with Gasteiger partial charge in [0.2, 0.25) is 11.8 Å². The van der Waals surface area contributed by atoms with Crippen molar-refractivity contribution < 1.29 is 18.7 Å². The lowest BCUT2D eigenvalue weighted by molar-refractivity contribution is -0.161. The number of ether oxygens (including phenoxy) is 1. The van der Waals surface area contributed by atoms with Gasteiger partial charge in [0.15, 0.2) is 0 Å². The van der Waals surface area contributed by atoms with Crippen molar-refractivity contribution in [3.63, 3.8) is 0 Å². The summed E-state index contributed by atoms with van der Waals surface area (Å²) in [6, 6.07) is 3.64. The SMILES string of the molecule is C[C@H]1CN(C(=O)[C@@H]2CC(=O)N(Cc3ccco3)C2)CC(C)(C)O1. The third-order valence-electron chi connectivity index (χ3n) is 4.37. The molecule has 2 saturated heterocycles. The van der Waals surface area contributed by atoms with Gasteiger partial charge in [0.1, 0.15) is 5.76 Å². The van der Waals surface area contributed by atoms with Crippen LogP contribution in [0.4, 0.5) is 0 Å². The fourth-order valence-corrected chi connectivity index (χ4v) is 3.56. The van der Waals surface area contributed by atoms with Crippen molar-refractivity contribution in [2.24, 2.45) is 5.92 Å². The van der Waals surface area contributed by atoms with E-state index in [0.29, 0.717) is 26.2 Å². The van der Waals surface area contributed by atoms with Crippen LogP contribution in [0.3, 0.4) is 0 Å². The van der Waals surface area contributed by atoms with Crippen LogP contribution >= 0.6 is 0 Å². The third kappa shape index (κ3) is 3.58. The zero-order valence-corrected chi connectivity index (χ0v) is 13.9. The topological polar surface area (TPSA) is 63.0 Å². The maximum atomic E-state index is 12.8. The Kier molecular flexibility index (Phi) is 4.19. The average Bonchev–Trinajstić information content (AvgIpc) is 3.07. The molecule has 2 amide bonds. The largest absolute Gasteiger partial charge is 0.467 e. The second-order valence-corrected chi connectivity index (χ2v) is 7.16. The summed E-state index contributed by atoms with van der Waals surface area (Å²) in [4.78, 5) is 28.5. The van der Waals surface area contributed by atoms with Crippen LogP contribution in [0.5, 0.6) is 0 Å². The third-order valence-corrected chi connectivity index (χ3v) is 4.37. The molecular formula is C17H24N2O4. The first-order valence-electron chi connectivity index (χ1n) is 8.11. The Labute approximate surface area is 136 Å². The highest BCUT2D eigenvalue weighted by molar-refractivity contribution is 5.89. The highest BCUT2D eigenvalue weighted by Gasteiger charge is 2.40. The van der Waals surface area contributed by atoms with E-state index in [4.69, 9.17) is 9.15 Å². The molecule has 2 fully saturated rings. The van der Waals surface area contributed by atoms with Gasteiger partial charge in [-0.1, -0.05) is 0 Å². The monoisotopic (exact) mass is 320 g/mol. The van der Waals surface area contributed by atoms with E-state index in [-0.39, 0.29) is 35.9 Å². The van der Waals surface area contributed by atoms with Crippen molar-refractivity contribution in [3.05, 3.63) is 24.2 Å². The van der Waals surface area contributed by atoms with Gasteiger partial charge in [-0.25, -0.2) is 0 Å². The van der Waals surface area contributed by atoms with Gasteiger partial charge in [0.25, 0.3) is 0 Å². The minimum Gasteiger partial charge on any atom is -0.467 e. The van der Waals surface area contributed by atoms with Crippen LogP contribution in [0.2, 0.25) is 0 Å². The number of nitrogens with zero attached hydrogens (tertiary/aromatic N) is 2. The lowest BCUT2D eigenvalue weighted by atomic mass is 10.0. The Morgan fingerprint density at radius 2 is 2.17 bits per heavy atom. The minimum absolute atomic E-state index is 0.0130. The highest BCUT2D eigenvalue weighted by Crippen LogP contribution is 2.26. The Hall–Kier alpha value is -1.82. The fourth-order valence-electron chi connectivity index (χ4n) is 3.56. The summed E-state index contributed by atoms with van der Waals surface area (Å²) in [5.41, 5.74) is -0.343. The molecule has 0 unspecified atom stereocenters. The molecule has 1 aromatic rings. The zero-order chi connectivity index (χ0) is 16.6. The van der Waals surface area contributed by atoms with E-state index in [9.17, 15) is 9.59 Å². The molecule has 0 aliphatic carbocycles. The van der Waals surface area contributed by atoms with Gasteiger partial charge in [0.05, 0.1) is 30.4 Å². The first-order chi connectivity index (χ1) is 10.8. The Morgan fingerprint density at radius 3 is 2.83 bits per heavy atom.